The summed E-state index contributed by atoms with van der Waals surface area (Å²) >= 11 is 0. The molecule has 3 rings (SSSR count). The molecule has 0 aliphatic carbocycles. The Morgan fingerprint density at radius 2 is 1.79 bits per heavy atom. The highest BCUT2D eigenvalue weighted by atomic mass is 19.4. The second-order valence-corrected chi connectivity index (χ2v) is 6.95. The van der Waals surface area contributed by atoms with Crippen LogP contribution in [0.3, 0.4) is 0 Å². The molecule has 33 heavy (non-hydrogen) atoms. The van der Waals surface area contributed by atoms with Gasteiger partial charge in [-0.1, -0.05) is 6.07 Å². The minimum atomic E-state index is -4.50. The average molecular weight is 465 g/mol. The number of nitrogens with one attached hydrogen (secondary N) is 1. The summed E-state index contributed by atoms with van der Waals surface area (Å²) in [5.74, 6) is -1.83. The maximum atomic E-state index is 13.6. The number of esters is 1. The van der Waals surface area contributed by atoms with E-state index in [4.69, 9.17) is 4.74 Å². The van der Waals surface area contributed by atoms with Crippen LogP contribution in [0.4, 0.5) is 23.2 Å². The van der Waals surface area contributed by atoms with Crippen LogP contribution in [0.5, 0.6) is 5.75 Å². The standard InChI is InChI=1S/C22H19F4N3O4/c1-32-18-9-13(3-8-17(18)23)11-29-12-14(10-19(30)33-2)20(28-29)21(31)27-16-6-4-15(5-7-16)22(24,25)26/h3-9,12H,10-11H2,1-2H3,(H,27,31). The number of alkyl halides is 3. The number of nitrogens with zero attached hydrogens (tertiary/aromatic N) is 2. The van der Waals surface area contributed by atoms with E-state index < -0.39 is 29.4 Å². The van der Waals surface area contributed by atoms with Crippen LogP contribution in [0, 0.1) is 5.82 Å². The number of amides is 1. The van der Waals surface area contributed by atoms with Gasteiger partial charge in [0.15, 0.2) is 17.3 Å². The lowest BCUT2D eigenvalue weighted by molar-refractivity contribution is -0.140. The lowest BCUT2D eigenvalue weighted by atomic mass is 10.1. The first-order chi connectivity index (χ1) is 15.6. The highest BCUT2D eigenvalue weighted by Crippen LogP contribution is 2.30. The van der Waals surface area contributed by atoms with E-state index in [1.165, 1.54) is 43.3 Å². The molecule has 0 spiro atoms. The third kappa shape index (κ3) is 5.88. The molecule has 0 aliphatic rings. The Kier molecular flexibility index (Phi) is 7.00. The maximum absolute atomic E-state index is 13.6. The van der Waals surface area contributed by atoms with Crippen LogP contribution in [0.2, 0.25) is 0 Å². The normalized spacial score (nSPS) is 11.2. The SMILES string of the molecule is COC(=O)Cc1cn(Cc2ccc(F)c(OC)c2)nc1C(=O)Nc1ccc(C(F)(F)F)cc1. The van der Waals surface area contributed by atoms with Gasteiger partial charge in [-0.25, -0.2) is 4.39 Å². The van der Waals surface area contributed by atoms with E-state index in [9.17, 15) is 27.2 Å². The van der Waals surface area contributed by atoms with Gasteiger partial charge < -0.3 is 14.8 Å². The molecule has 2 aromatic carbocycles. The van der Waals surface area contributed by atoms with Crippen molar-refractivity contribution in [3.63, 3.8) is 0 Å². The number of aromatic nitrogens is 2. The molecule has 0 saturated carbocycles. The van der Waals surface area contributed by atoms with E-state index >= 15 is 0 Å². The number of carbonyl (C=O) groups is 2. The average Bonchev–Trinajstić information content (AvgIpc) is 3.16. The summed E-state index contributed by atoms with van der Waals surface area (Å²) in [4.78, 5) is 24.5. The van der Waals surface area contributed by atoms with Crippen molar-refractivity contribution in [2.45, 2.75) is 19.1 Å². The van der Waals surface area contributed by atoms with Crippen molar-refractivity contribution < 1.29 is 36.6 Å². The topological polar surface area (TPSA) is 82.5 Å². The monoisotopic (exact) mass is 465 g/mol. The van der Waals surface area contributed by atoms with Crippen LogP contribution in [0.15, 0.2) is 48.7 Å². The van der Waals surface area contributed by atoms with Crippen molar-refractivity contribution in [1.29, 1.82) is 0 Å². The van der Waals surface area contributed by atoms with Crippen molar-refractivity contribution in [2.75, 3.05) is 19.5 Å². The molecule has 0 unspecified atom stereocenters. The van der Waals surface area contributed by atoms with Gasteiger partial charge in [-0.05, 0) is 42.0 Å². The Morgan fingerprint density at radius 3 is 2.39 bits per heavy atom. The summed E-state index contributed by atoms with van der Waals surface area (Å²) in [5, 5.41) is 6.67. The molecule has 1 aromatic heterocycles. The first kappa shape index (κ1) is 23.8. The quantitative estimate of drug-likeness (QED) is 0.420. The lowest BCUT2D eigenvalue weighted by Crippen LogP contribution is -2.17. The molecule has 0 radical (unpaired) electrons. The Morgan fingerprint density at radius 1 is 1.09 bits per heavy atom. The fourth-order valence-electron chi connectivity index (χ4n) is 3.01. The summed E-state index contributed by atoms with van der Waals surface area (Å²) in [6.45, 7) is 0.137. The molecule has 1 amide bonds. The lowest BCUT2D eigenvalue weighted by Gasteiger charge is -2.08. The second-order valence-electron chi connectivity index (χ2n) is 6.95. The zero-order valence-electron chi connectivity index (χ0n) is 17.6. The van der Waals surface area contributed by atoms with Crippen molar-refractivity contribution in [3.05, 3.63) is 76.9 Å². The first-order valence-electron chi connectivity index (χ1n) is 9.55. The second kappa shape index (κ2) is 9.72. The highest BCUT2D eigenvalue weighted by molar-refractivity contribution is 6.04. The number of ether oxygens (including phenoxy) is 2. The van der Waals surface area contributed by atoms with Gasteiger partial charge in [0.1, 0.15) is 0 Å². The Bertz CT molecular complexity index is 1160. The van der Waals surface area contributed by atoms with Crippen molar-refractivity contribution in [1.82, 2.24) is 9.78 Å². The van der Waals surface area contributed by atoms with Crippen LogP contribution in [-0.4, -0.2) is 35.9 Å². The molecular formula is C22H19F4N3O4. The molecule has 11 heteroatoms. The summed E-state index contributed by atoms with van der Waals surface area (Å²) in [7, 11) is 2.52. The van der Waals surface area contributed by atoms with E-state index in [-0.39, 0.29) is 35.7 Å². The molecule has 0 fully saturated rings. The maximum Gasteiger partial charge on any atom is 0.416 e. The van der Waals surface area contributed by atoms with Crippen molar-refractivity contribution in [3.8, 4) is 5.75 Å². The minimum absolute atomic E-state index is 0.0368. The summed E-state index contributed by atoms with van der Waals surface area (Å²) < 4.78 is 62.8. The Hall–Kier alpha value is -3.89. The number of anilines is 1. The van der Waals surface area contributed by atoms with Crippen LogP contribution >= 0.6 is 0 Å². The summed E-state index contributed by atoms with van der Waals surface area (Å²) in [6, 6.07) is 8.12. The first-order valence-corrected chi connectivity index (χ1v) is 9.55. The molecule has 174 valence electrons. The van der Waals surface area contributed by atoms with Gasteiger partial charge >= 0.3 is 12.1 Å². The summed E-state index contributed by atoms with van der Waals surface area (Å²) in [6.07, 6.45) is -3.29. The molecule has 3 aromatic rings. The van der Waals surface area contributed by atoms with Crippen LogP contribution in [-0.2, 0) is 28.7 Å². The van der Waals surface area contributed by atoms with Gasteiger partial charge in [0, 0.05) is 17.4 Å². The number of hydrogen-bond donors (Lipinski definition) is 1. The zero-order chi connectivity index (χ0) is 24.2. The third-order valence-corrected chi connectivity index (χ3v) is 4.65. The minimum Gasteiger partial charge on any atom is -0.494 e. The third-order valence-electron chi connectivity index (χ3n) is 4.65. The van der Waals surface area contributed by atoms with Gasteiger partial charge in [-0.3, -0.25) is 14.3 Å². The molecular weight excluding hydrogens is 446 g/mol. The van der Waals surface area contributed by atoms with Gasteiger partial charge in [0.25, 0.3) is 5.91 Å². The number of carbonyl (C=O) groups excluding carboxylic acids is 2. The smallest absolute Gasteiger partial charge is 0.416 e. The molecule has 1 N–H and O–H groups in total. The highest BCUT2D eigenvalue weighted by Gasteiger charge is 2.30. The predicted molar refractivity (Wildman–Crippen MR) is 109 cm³/mol. The molecule has 0 bridgehead atoms. The van der Waals surface area contributed by atoms with E-state index in [1.807, 2.05) is 0 Å². The van der Waals surface area contributed by atoms with Gasteiger partial charge in [0.2, 0.25) is 0 Å². The van der Waals surface area contributed by atoms with Gasteiger partial charge in [-0.15, -0.1) is 0 Å². The van der Waals surface area contributed by atoms with Crippen molar-refractivity contribution >= 4 is 17.6 Å². The van der Waals surface area contributed by atoms with Crippen LogP contribution < -0.4 is 10.1 Å². The van der Waals surface area contributed by atoms with Crippen LogP contribution in [0.1, 0.15) is 27.2 Å². The molecule has 1 heterocycles. The summed E-state index contributed by atoms with van der Waals surface area (Å²) in [5.41, 5.74) is 0.0329. The fraction of sp³-hybridized carbons (Fsp3) is 0.227. The number of halogens is 4. The van der Waals surface area contributed by atoms with Gasteiger partial charge in [-0.2, -0.15) is 18.3 Å². The van der Waals surface area contributed by atoms with E-state index in [1.54, 1.807) is 0 Å². The number of methoxy groups -OCH3 is 2. The largest absolute Gasteiger partial charge is 0.494 e. The fourth-order valence-corrected chi connectivity index (χ4v) is 3.01. The van der Waals surface area contributed by atoms with Crippen molar-refractivity contribution in [2.24, 2.45) is 0 Å². The van der Waals surface area contributed by atoms with Gasteiger partial charge in [0.05, 0.1) is 32.7 Å². The number of hydrogen-bond acceptors (Lipinski definition) is 5. The Balaban J connectivity index is 1.85. The van der Waals surface area contributed by atoms with E-state index in [2.05, 4.69) is 15.2 Å². The molecule has 0 saturated heterocycles. The molecule has 0 aliphatic heterocycles. The number of benzene rings is 2. The Labute approximate surface area is 185 Å². The number of rotatable bonds is 7. The van der Waals surface area contributed by atoms with E-state index in [0.29, 0.717) is 5.56 Å². The zero-order valence-corrected chi connectivity index (χ0v) is 17.6. The van der Waals surface area contributed by atoms with E-state index in [0.717, 1.165) is 24.3 Å². The molecule has 0 atom stereocenters. The van der Waals surface area contributed by atoms with Crippen LogP contribution in [0.25, 0.3) is 0 Å². The molecule has 7 nitrogen and oxygen atoms in total. The predicted octanol–water partition coefficient (Wildman–Crippen LogP) is 4.07.